The smallest absolute Gasteiger partial charge is 0.314 e. The number of nitrogens with zero attached hydrogens (tertiary/aromatic N) is 2. The highest BCUT2D eigenvalue weighted by atomic mass is 32.1. The molecule has 144 valence electrons. The first-order valence-electron chi connectivity index (χ1n) is 9.48. The highest BCUT2D eigenvalue weighted by Crippen LogP contribution is 2.52. The van der Waals surface area contributed by atoms with Gasteiger partial charge in [-0.2, -0.15) is 0 Å². The lowest BCUT2D eigenvalue weighted by molar-refractivity contribution is -0.154. The van der Waals surface area contributed by atoms with Crippen LogP contribution in [0.25, 0.3) is 10.9 Å². The minimum absolute atomic E-state index is 0.000319. The maximum Gasteiger partial charge on any atom is 0.314 e. The van der Waals surface area contributed by atoms with Crippen molar-refractivity contribution < 1.29 is 14.3 Å². The standard InChI is InChI=1S/C21H21N3O3S/c1-27-20(26)21(9-15-11-28-12-23-15)10-16-3-5-18(21)24(16)19(25)14-2-4-17-13(8-14)6-7-22-17/h2,4,6-8,11-12,16,18,22H,3,5,9-10H2,1H3/t16-,18+,21+/m1/s1. The molecule has 2 aliphatic rings. The average molecular weight is 395 g/mol. The van der Waals surface area contributed by atoms with Crippen molar-refractivity contribution in [3.05, 3.63) is 52.6 Å². The van der Waals surface area contributed by atoms with Crippen molar-refractivity contribution in [3.63, 3.8) is 0 Å². The van der Waals surface area contributed by atoms with Gasteiger partial charge in [0.1, 0.15) is 0 Å². The Bertz CT molecular complexity index is 1040. The Labute approximate surface area is 166 Å². The Morgan fingerprint density at radius 1 is 1.36 bits per heavy atom. The van der Waals surface area contributed by atoms with E-state index in [-0.39, 0.29) is 24.0 Å². The van der Waals surface area contributed by atoms with E-state index in [1.807, 2.05) is 40.7 Å². The molecule has 4 heterocycles. The Morgan fingerprint density at radius 3 is 3.04 bits per heavy atom. The maximum absolute atomic E-state index is 13.4. The molecule has 0 saturated carbocycles. The molecule has 0 aliphatic carbocycles. The third-order valence-electron chi connectivity index (χ3n) is 6.35. The SMILES string of the molecule is COC(=O)[C@@]1(Cc2cscn2)C[C@H]2CC[C@@H]1N2C(=O)c1ccc2[nH]ccc2c1. The maximum atomic E-state index is 13.4. The second kappa shape index (κ2) is 6.44. The van der Waals surface area contributed by atoms with Crippen LogP contribution in [0.5, 0.6) is 0 Å². The molecule has 5 rings (SSSR count). The number of thiazole rings is 1. The zero-order valence-electron chi connectivity index (χ0n) is 15.6. The number of carbonyl (C=O) groups excluding carboxylic acids is 2. The van der Waals surface area contributed by atoms with Crippen LogP contribution < -0.4 is 0 Å². The number of aromatic nitrogens is 2. The van der Waals surface area contributed by atoms with Gasteiger partial charge >= 0.3 is 5.97 Å². The van der Waals surface area contributed by atoms with Gasteiger partial charge in [-0.05, 0) is 43.5 Å². The van der Waals surface area contributed by atoms with Crippen molar-refractivity contribution in [2.45, 2.75) is 37.8 Å². The average Bonchev–Trinajstić information content (AvgIpc) is 3.49. The quantitative estimate of drug-likeness (QED) is 0.687. The number of amides is 1. The fourth-order valence-corrected chi connectivity index (χ4v) is 5.72. The molecule has 2 aliphatic heterocycles. The number of benzene rings is 1. The number of hydrogen-bond donors (Lipinski definition) is 1. The van der Waals surface area contributed by atoms with Crippen LogP contribution in [-0.4, -0.2) is 45.9 Å². The van der Waals surface area contributed by atoms with E-state index >= 15 is 0 Å². The second-order valence-corrected chi connectivity index (χ2v) is 8.47. The number of methoxy groups -OCH3 is 1. The van der Waals surface area contributed by atoms with Gasteiger partial charge in [-0.15, -0.1) is 11.3 Å². The van der Waals surface area contributed by atoms with Crippen LogP contribution in [0.4, 0.5) is 0 Å². The van der Waals surface area contributed by atoms with Gasteiger partial charge in [0.2, 0.25) is 0 Å². The van der Waals surface area contributed by atoms with Gasteiger partial charge in [-0.3, -0.25) is 9.59 Å². The van der Waals surface area contributed by atoms with Gasteiger partial charge in [0.05, 0.1) is 23.7 Å². The lowest BCUT2D eigenvalue weighted by Crippen LogP contribution is -2.47. The van der Waals surface area contributed by atoms with Crippen LogP contribution >= 0.6 is 11.3 Å². The molecule has 0 radical (unpaired) electrons. The van der Waals surface area contributed by atoms with Crippen LogP contribution in [0.15, 0.2) is 41.4 Å². The summed E-state index contributed by atoms with van der Waals surface area (Å²) in [6, 6.07) is 7.60. The molecule has 7 heteroatoms. The molecular formula is C21H21N3O3S. The van der Waals surface area contributed by atoms with Crippen molar-refractivity contribution in [1.29, 1.82) is 0 Å². The lowest BCUT2D eigenvalue weighted by atomic mass is 9.71. The number of esters is 1. The van der Waals surface area contributed by atoms with Crippen LogP contribution in [-0.2, 0) is 16.0 Å². The predicted octanol–water partition coefficient (Wildman–Crippen LogP) is 3.40. The van der Waals surface area contributed by atoms with Gasteiger partial charge in [0.15, 0.2) is 0 Å². The van der Waals surface area contributed by atoms with Gasteiger partial charge in [-0.1, -0.05) is 0 Å². The second-order valence-electron chi connectivity index (χ2n) is 7.75. The van der Waals surface area contributed by atoms with E-state index < -0.39 is 5.41 Å². The molecule has 1 aromatic carbocycles. The molecule has 3 atom stereocenters. The van der Waals surface area contributed by atoms with Crippen LogP contribution in [0, 0.1) is 5.41 Å². The number of rotatable bonds is 4. The summed E-state index contributed by atoms with van der Waals surface area (Å²) < 4.78 is 5.21. The largest absolute Gasteiger partial charge is 0.469 e. The number of carbonyl (C=O) groups is 2. The fraction of sp³-hybridized carbons (Fsp3) is 0.381. The first kappa shape index (κ1) is 17.4. The molecule has 0 unspecified atom stereocenters. The van der Waals surface area contributed by atoms with Crippen molar-refractivity contribution >= 4 is 34.1 Å². The van der Waals surface area contributed by atoms with E-state index in [2.05, 4.69) is 9.97 Å². The van der Waals surface area contributed by atoms with Crippen LogP contribution in [0.1, 0.15) is 35.3 Å². The van der Waals surface area contributed by atoms with Crippen LogP contribution in [0.3, 0.4) is 0 Å². The van der Waals surface area contributed by atoms with Crippen LogP contribution in [0.2, 0.25) is 0 Å². The van der Waals surface area contributed by atoms with Gasteiger partial charge in [0.25, 0.3) is 5.91 Å². The fourth-order valence-electron chi connectivity index (χ4n) is 5.16. The zero-order chi connectivity index (χ0) is 19.3. The van der Waals surface area contributed by atoms with E-state index in [0.29, 0.717) is 18.4 Å². The molecule has 2 bridgehead atoms. The Morgan fingerprint density at radius 2 is 2.25 bits per heavy atom. The summed E-state index contributed by atoms with van der Waals surface area (Å²) in [7, 11) is 1.43. The minimum atomic E-state index is -0.709. The minimum Gasteiger partial charge on any atom is -0.469 e. The number of nitrogens with one attached hydrogen (secondary N) is 1. The molecule has 2 saturated heterocycles. The first-order valence-corrected chi connectivity index (χ1v) is 10.4. The molecule has 2 fully saturated rings. The van der Waals surface area contributed by atoms with Crippen molar-refractivity contribution in [1.82, 2.24) is 14.9 Å². The number of aromatic amines is 1. The Kier molecular flexibility index (Phi) is 4.01. The Balaban J connectivity index is 1.50. The molecule has 1 amide bonds. The summed E-state index contributed by atoms with van der Waals surface area (Å²) in [5, 5.41) is 2.99. The number of ether oxygens (including phenoxy) is 1. The summed E-state index contributed by atoms with van der Waals surface area (Å²) >= 11 is 1.52. The van der Waals surface area contributed by atoms with Gasteiger partial charge < -0.3 is 14.6 Å². The first-order chi connectivity index (χ1) is 13.6. The summed E-state index contributed by atoms with van der Waals surface area (Å²) in [6.45, 7) is 0. The van der Waals surface area contributed by atoms with E-state index in [4.69, 9.17) is 4.74 Å². The summed E-state index contributed by atoms with van der Waals surface area (Å²) in [4.78, 5) is 35.8. The monoisotopic (exact) mass is 395 g/mol. The topological polar surface area (TPSA) is 75.3 Å². The third-order valence-corrected chi connectivity index (χ3v) is 6.98. The highest BCUT2D eigenvalue weighted by molar-refractivity contribution is 7.07. The highest BCUT2D eigenvalue weighted by Gasteiger charge is 2.62. The van der Waals surface area contributed by atoms with Crippen molar-refractivity contribution in [3.8, 4) is 0 Å². The Hall–Kier alpha value is -2.67. The molecule has 6 nitrogen and oxygen atoms in total. The number of hydrogen-bond acceptors (Lipinski definition) is 5. The molecule has 2 aromatic heterocycles. The van der Waals surface area contributed by atoms with E-state index in [1.54, 1.807) is 5.51 Å². The van der Waals surface area contributed by atoms with E-state index in [1.165, 1.54) is 18.4 Å². The molecule has 3 aromatic rings. The molecule has 28 heavy (non-hydrogen) atoms. The number of H-pyrrole nitrogens is 1. The van der Waals surface area contributed by atoms with E-state index in [9.17, 15) is 9.59 Å². The summed E-state index contributed by atoms with van der Waals surface area (Å²) in [6.07, 6.45) is 4.78. The summed E-state index contributed by atoms with van der Waals surface area (Å²) in [5.74, 6) is -0.230. The predicted molar refractivity (Wildman–Crippen MR) is 106 cm³/mol. The number of fused-ring (bicyclic) bond motifs is 3. The van der Waals surface area contributed by atoms with E-state index in [0.717, 1.165) is 29.4 Å². The normalized spacial score (nSPS) is 26.1. The third kappa shape index (κ3) is 2.49. The van der Waals surface area contributed by atoms with Gasteiger partial charge in [0, 0.05) is 46.5 Å². The zero-order valence-corrected chi connectivity index (χ0v) is 16.4. The van der Waals surface area contributed by atoms with Gasteiger partial charge in [-0.25, -0.2) is 4.98 Å². The molecule has 1 N–H and O–H groups in total. The van der Waals surface area contributed by atoms with Crippen molar-refractivity contribution in [2.24, 2.45) is 5.41 Å². The van der Waals surface area contributed by atoms with Crippen molar-refractivity contribution in [2.75, 3.05) is 7.11 Å². The molecular weight excluding hydrogens is 374 g/mol. The summed E-state index contributed by atoms with van der Waals surface area (Å²) in [5.41, 5.74) is 3.64. The lowest BCUT2D eigenvalue weighted by Gasteiger charge is -2.34. The molecule has 0 spiro atoms.